The maximum Gasteiger partial charge on any atom is 0.132 e. The Bertz CT molecular complexity index is 3270. The van der Waals surface area contributed by atoms with Gasteiger partial charge in [-0.05, 0) is 104 Å². The van der Waals surface area contributed by atoms with Crippen LogP contribution in [-0.4, -0.2) is 0 Å². The molecule has 2 heterocycles. The van der Waals surface area contributed by atoms with Gasteiger partial charge in [0.2, 0.25) is 0 Å². The number of anilines is 3. The number of ether oxygens (including phenoxy) is 2. The molecular weight excluding hydrogens is 767 g/mol. The Labute approximate surface area is 365 Å². The van der Waals surface area contributed by atoms with Gasteiger partial charge in [0.15, 0.2) is 0 Å². The number of hydrogen-bond donors (Lipinski definition) is 0. The molecule has 2 aliphatic heterocycles. The van der Waals surface area contributed by atoms with Crippen LogP contribution >= 0.6 is 0 Å². The minimum atomic E-state index is -0.540. The topological polar surface area (TPSA) is 21.7 Å². The molecule has 0 saturated heterocycles. The highest BCUT2D eigenvalue weighted by Crippen LogP contribution is 2.64. The molecule has 0 saturated carbocycles. The molecule has 14 rings (SSSR count). The summed E-state index contributed by atoms with van der Waals surface area (Å²) in [6.07, 6.45) is 0. The van der Waals surface area contributed by atoms with Crippen LogP contribution in [0.15, 0.2) is 224 Å². The summed E-state index contributed by atoms with van der Waals surface area (Å²) in [4.78, 5) is 2.47. The molecule has 0 bridgehead atoms. The maximum absolute atomic E-state index is 6.64. The van der Waals surface area contributed by atoms with Gasteiger partial charge in [-0.15, -0.1) is 0 Å². The van der Waals surface area contributed by atoms with Crippen LogP contribution in [0, 0.1) is 0 Å². The molecule has 294 valence electrons. The summed E-state index contributed by atoms with van der Waals surface area (Å²) < 4.78 is 13.3. The summed E-state index contributed by atoms with van der Waals surface area (Å²) >= 11 is 0. The van der Waals surface area contributed by atoms with Crippen molar-refractivity contribution in [2.45, 2.75) is 10.8 Å². The number of benzene rings is 10. The van der Waals surface area contributed by atoms with Crippen molar-refractivity contribution in [1.29, 1.82) is 0 Å². The van der Waals surface area contributed by atoms with Gasteiger partial charge in [0.05, 0.1) is 16.5 Å². The minimum absolute atomic E-state index is 0.540. The molecule has 0 aromatic heterocycles. The summed E-state index contributed by atoms with van der Waals surface area (Å²) in [6.45, 7) is 0. The number of hydrogen-bond acceptors (Lipinski definition) is 3. The Kier molecular flexibility index (Phi) is 6.97. The van der Waals surface area contributed by atoms with E-state index in [2.05, 4.69) is 229 Å². The number of rotatable bonds is 3. The fourth-order valence-corrected chi connectivity index (χ4v) is 11.8. The Morgan fingerprint density at radius 1 is 0.286 bits per heavy atom. The summed E-state index contributed by atoms with van der Waals surface area (Å²) in [6, 6.07) is 81.9. The molecule has 10 aromatic carbocycles. The molecular formula is C60H37NO2. The molecule has 2 aliphatic carbocycles. The third-order valence-corrected chi connectivity index (χ3v) is 14.2. The zero-order valence-electron chi connectivity index (χ0n) is 34.1. The summed E-state index contributed by atoms with van der Waals surface area (Å²) in [5, 5.41) is 2.39. The first kappa shape index (κ1) is 34.6. The predicted molar refractivity (Wildman–Crippen MR) is 253 cm³/mol. The van der Waals surface area contributed by atoms with Crippen molar-refractivity contribution in [3.63, 3.8) is 0 Å². The summed E-state index contributed by atoms with van der Waals surface area (Å²) in [7, 11) is 0. The molecule has 0 fully saturated rings. The third kappa shape index (κ3) is 4.43. The van der Waals surface area contributed by atoms with E-state index in [9.17, 15) is 0 Å². The second-order valence-corrected chi connectivity index (χ2v) is 17.1. The molecule has 3 nitrogen and oxygen atoms in total. The van der Waals surface area contributed by atoms with E-state index in [4.69, 9.17) is 9.47 Å². The molecule has 0 atom stereocenters. The lowest BCUT2D eigenvalue weighted by atomic mass is 9.66. The predicted octanol–water partition coefficient (Wildman–Crippen LogP) is 15.2. The van der Waals surface area contributed by atoms with Gasteiger partial charge in [-0.1, -0.05) is 170 Å². The normalized spacial score (nSPS) is 14.5. The van der Waals surface area contributed by atoms with Gasteiger partial charge in [0, 0.05) is 39.0 Å². The lowest BCUT2D eigenvalue weighted by Gasteiger charge is -2.39. The maximum atomic E-state index is 6.64. The fraction of sp³-hybridized carbons (Fsp3) is 0.0333. The van der Waals surface area contributed by atoms with Gasteiger partial charge in [0.25, 0.3) is 0 Å². The van der Waals surface area contributed by atoms with Crippen LogP contribution in [0.1, 0.15) is 44.5 Å². The first-order valence-electron chi connectivity index (χ1n) is 21.7. The lowest BCUT2D eigenvalue weighted by molar-refractivity contribution is 0.436. The Morgan fingerprint density at radius 3 is 1.13 bits per heavy atom. The van der Waals surface area contributed by atoms with Gasteiger partial charge in [0.1, 0.15) is 23.0 Å². The number of fused-ring (bicyclic) bond motifs is 19. The van der Waals surface area contributed by atoms with Crippen molar-refractivity contribution in [2.24, 2.45) is 0 Å². The van der Waals surface area contributed by atoms with Gasteiger partial charge < -0.3 is 14.4 Å². The van der Waals surface area contributed by atoms with E-state index in [0.717, 1.165) is 62.3 Å². The highest BCUT2D eigenvalue weighted by atomic mass is 16.5. The van der Waals surface area contributed by atoms with Crippen LogP contribution < -0.4 is 14.4 Å². The zero-order valence-corrected chi connectivity index (χ0v) is 34.1. The van der Waals surface area contributed by atoms with E-state index in [1.54, 1.807) is 0 Å². The van der Waals surface area contributed by atoms with Crippen LogP contribution in [0.3, 0.4) is 0 Å². The van der Waals surface area contributed by atoms with E-state index < -0.39 is 10.8 Å². The van der Waals surface area contributed by atoms with Crippen LogP contribution in [0.2, 0.25) is 0 Å². The average Bonchev–Trinajstić information content (AvgIpc) is 3.79. The van der Waals surface area contributed by atoms with Gasteiger partial charge in [-0.3, -0.25) is 0 Å². The molecule has 3 heteroatoms. The zero-order chi connectivity index (χ0) is 41.3. The molecule has 10 aromatic rings. The quantitative estimate of drug-likeness (QED) is 0.178. The van der Waals surface area contributed by atoms with Crippen molar-refractivity contribution in [3.8, 4) is 45.3 Å². The summed E-state index contributed by atoms with van der Waals surface area (Å²) in [5.41, 5.74) is 16.9. The Balaban J connectivity index is 1.03. The highest BCUT2D eigenvalue weighted by Gasteiger charge is 2.52. The van der Waals surface area contributed by atoms with Crippen LogP contribution in [0.4, 0.5) is 17.1 Å². The van der Waals surface area contributed by atoms with Crippen molar-refractivity contribution >= 4 is 27.8 Å². The van der Waals surface area contributed by atoms with E-state index >= 15 is 0 Å². The van der Waals surface area contributed by atoms with Gasteiger partial charge >= 0.3 is 0 Å². The summed E-state index contributed by atoms with van der Waals surface area (Å²) in [5.74, 6) is 3.58. The second-order valence-electron chi connectivity index (χ2n) is 17.1. The molecule has 0 radical (unpaired) electrons. The van der Waals surface area contributed by atoms with Gasteiger partial charge in [-0.2, -0.15) is 0 Å². The van der Waals surface area contributed by atoms with Gasteiger partial charge in [-0.25, -0.2) is 0 Å². The monoisotopic (exact) mass is 803 g/mol. The first-order valence-corrected chi connectivity index (χ1v) is 21.7. The molecule has 4 aliphatic rings. The fourth-order valence-electron chi connectivity index (χ4n) is 11.8. The Hall–Kier alpha value is -8.14. The van der Waals surface area contributed by atoms with Crippen molar-refractivity contribution in [1.82, 2.24) is 0 Å². The van der Waals surface area contributed by atoms with Crippen molar-refractivity contribution in [2.75, 3.05) is 4.90 Å². The smallest absolute Gasteiger partial charge is 0.132 e. The van der Waals surface area contributed by atoms with Crippen molar-refractivity contribution in [3.05, 3.63) is 269 Å². The van der Waals surface area contributed by atoms with Crippen LogP contribution in [-0.2, 0) is 10.8 Å². The molecule has 0 amide bonds. The molecule has 0 unspecified atom stereocenters. The van der Waals surface area contributed by atoms with E-state index in [0.29, 0.717) is 0 Å². The largest absolute Gasteiger partial charge is 0.457 e. The SMILES string of the molecule is c1ccc2c(c1)Oc1ccccc1C21c2ccccc2-c2cc(N(c3ccc4c(c3)-c3ccccc3C43c4ccccc4Oc4ccccc43)c3cccc4ccccc34)ccc21. The van der Waals surface area contributed by atoms with E-state index in [-0.39, 0.29) is 0 Å². The molecule has 63 heavy (non-hydrogen) atoms. The third-order valence-electron chi connectivity index (χ3n) is 14.2. The van der Waals surface area contributed by atoms with Crippen LogP contribution in [0.5, 0.6) is 23.0 Å². The molecule has 2 spiro atoms. The average molecular weight is 804 g/mol. The highest BCUT2D eigenvalue weighted by molar-refractivity contribution is 6.01. The minimum Gasteiger partial charge on any atom is -0.457 e. The Morgan fingerprint density at radius 2 is 0.651 bits per heavy atom. The number of para-hydroxylation sites is 4. The van der Waals surface area contributed by atoms with Crippen LogP contribution in [0.25, 0.3) is 33.0 Å². The first-order chi connectivity index (χ1) is 31.2. The van der Waals surface area contributed by atoms with E-state index in [1.165, 1.54) is 55.3 Å². The van der Waals surface area contributed by atoms with E-state index in [1.807, 2.05) is 0 Å². The lowest BCUT2D eigenvalue weighted by Crippen LogP contribution is -2.32. The standard InChI is InChI=1S/C60H37NO2/c1-2-18-41-38(16-1)17-15-27-54(41)61(39-32-34-48-44(36-39)42-19-3-5-21-46(42)59(48)50-23-7-11-28-55(50)62-56-29-12-8-24-51(56)59)40-33-35-49-45(37-40)43-20-4-6-22-47(43)60(49)52-25-9-13-30-57(52)63-58-31-14-10-26-53(58)60/h1-37H. The molecule has 0 N–H and O–H groups in total. The number of nitrogens with zero attached hydrogens (tertiary/aromatic N) is 1. The van der Waals surface area contributed by atoms with Crippen molar-refractivity contribution < 1.29 is 9.47 Å². The second kappa shape index (κ2) is 12.7.